The fourth-order valence-corrected chi connectivity index (χ4v) is 3.58. The maximum Gasteiger partial charge on any atom is 0.338 e. The molecule has 0 aliphatic heterocycles. The highest BCUT2D eigenvalue weighted by Crippen LogP contribution is 2.36. The molecule has 0 saturated carbocycles. The first-order valence-electron chi connectivity index (χ1n) is 8.41. The van der Waals surface area contributed by atoms with Crippen molar-refractivity contribution >= 4 is 5.97 Å². The van der Waals surface area contributed by atoms with Gasteiger partial charge in [-0.3, -0.25) is 4.98 Å². The van der Waals surface area contributed by atoms with E-state index in [0.29, 0.717) is 11.5 Å². The van der Waals surface area contributed by atoms with E-state index in [9.17, 15) is 4.79 Å². The van der Waals surface area contributed by atoms with Gasteiger partial charge in [0, 0.05) is 12.4 Å². The molecule has 1 heterocycles. The topological polar surface area (TPSA) is 48.4 Å². The molecule has 126 valence electrons. The number of carbonyl (C=O) groups is 1. The second-order valence-electron chi connectivity index (χ2n) is 6.22. The second kappa shape index (κ2) is 7.47. The molecule has 3 rings (SSSR count). The molecular formula is C20H23NO3. The first kappa shape index (κ1) is 16.5. The van der Waals surface area contributed by atoms with Crippen molar-refractivity contribution < 1.29 is 14.3 Å². The number of esters is 1. The second-order valence-corrected chi connectivity index (χ2v) is 6.22. The molecule has 0 unspecified atom stereocenters. The van der Waals surface area contributed by atoms with Gasteiger partial charge in [-0.05, 0) is 72.9 Å². The molecule has 0 spiro atoms. The van der Waals surface area contributed by atoms with Crippen molar-refractivity contribution in [1.82, 2.24) is 4.98 Å². The quantitative estimate of drug-likeness (QED) is 0.782. The van der Waals surface area contributed by atoms with Crippen LogP contribution >= 0.6 is 0 Å². The highest BCUT2D eigenvalue weighted by atomic mass is 16.5. The molecule has 0 fully saturated rings. The Labute approximate surface area is 142 Å². The van der Waals surface area contributed by atoms with Gasteiger partial charge in [0.2, 0.25) is 0 Å². The summed E-state index contributed by atoms with van der Waals surface area (Å²) in [6.07, 6.45) is 8.75. The molecule has 0 radical (unpaired) electrons. The van der Waals surface area contributed by atoms with E-state index in [-0.39, 0.29) is 5.97 Å². The molecule has 1 atom stereocenters. The maximum absolute atomic E-state index is 11.9. The fraction of sp³-hybridized carbons (Fsp3) is 0.400. The van der Waals surface area contributed by atoms with Crippen LogP contribution in [0.3, 0.4) is 0 Å². The van der Waals surface area contributed by atoms with Crippen molar-refractivity contribution in [2.75, 3.05) is 14.2 Å². The van der Waals surface area contributed by atoms with Crippen LogP contribution in [0.25, 0.3) is 0 Å². The Morgan fingerprint density at radius 2 is 2.17 bits per heavy atom. The van der Waals surface area contributed by atoms with Gasteiger partial charge in [-0.25, -0.2) is 4.79 Å². The van der Waals surface area contributed by atoms with E-state index in [2.05, 4.69) is 17.1 Å². The van der Waals surface area contributed by atoms with E-state index in [4.69, 9.17) is 9.47 Å². The van der Waals surface area contributed by atoms with Crippen molar-refractivity contribution in [3.05, 3.63) is 58.9 Å². The SMILES string of the molecule is COC(=O)c1ccncc1CC[C@@H]1CCCc2cc(OC)ccc21. The Kier molecular flexibility index (Phi) is 5.14. The number of hydrogen-bond donors (Lipinski definition) is 0. The lowest BCUT2D eigenvalue weighted by molar-refractivity contribution is 0.0599. The van der Waals surface area contributed by atoms with Crippen LogP contribution in [0.1, 0.15) is 52.2 Å². The van der Waals surface area contributed by atoms with Gasteiger partial charge in [0.05, 0.1) is 19.8 Å². The van der Waals surface area contributed by atoms with Gasteiger partial charge in [0.25, 0.3) is 0 Å². The standard InChI is InChI=1S/C20H23NO3/c1-23-17-8-9-18-14(4-3-5-15(18)12-17)6-7-16-13-21-11-10-19(16)20(22)24-2/h8-14H,3-7H2,1-2H3/t14-/m0/s1. The summed E-state index contributed by atoms with van der Waals surface area (Å²) >= 11 is 0. The van der Waals surface area contributed by atoms with Gasteiger partial charge in [-0.15, -0.1) is 0 Å². The summed E-state index contributed by atoms with van der Waals surface area (Å²) in [5.74, 6) is 1.15. The van der Waals surface area contributed by atoms with Crippen molar-refractivity contribution in [2.24, 2.45) is 0 Å². The Morgan fingerprint density at radius 3 is 2.96 bits per heavy atom. The number of pyridine rings is 1. The van der Waals surface area contributed by atoms with Crippen LogP contribution in [0.5, 0.6) is 5.75 Å². The number of methoxy groups -OCH3 is 2. The number of aryl methyl sites for hydroxylation is 2. The highest BCUT2D eigenvalue weighted by molar-refractivity contribution is 5.90. The molecule has 0 bridgehead atoms. The number of rotatable bonds is 5. The molecular weight excluding hydrogens is 302 g/mol. The summed E-state index contributed by atoms with van der Waals surface area (Å²) in [5.41, 5.74) is 4.40. The zero-order chi connectivity index (χ0) is 16.9. The predicted molar refractivity (Wildman–Crippen MR) is 92.6 cm³/mol. The lowest BCUT2D eigenvalue weighted by atomic mass is 9.79. The molecule has 1 aromatic carbocycles. The lowest BCUT2D eigenvalue weighted by Crippen LogP contribution is -2.12. The third-order valence-corrected chi connectivity index (χ3v) is 4.86. The number of nitrogens with zero attached hydrogens (tertiary/aromatic N) is 1. The summed E-state index contributed by atoms with van der Waals surface area (Å²) < 4.78 is 10.2. The Bertz CT molecular complexity index is 727. The van der Waals surface area contributed by atoms with Crippen molar-refractivity contribution in [3.8, 4) is 5.75 Å². The molecule has 0 amide bonds. The molecule has 0 saturated heterocycles. The minimum atomic E-state index is -0.291. The third-order valence-electron chi connectivity index (χ3n) is 4.86. The molecule has 1 aliphatic rings. The van der Waals surface area contributed by atoms with Crippen LogP contribution in [0.15, 0.2) is 36.7 Å². The number of aromatic nitrogens is 1. The van der Waals surface area contributed by atoms with E-state index in [1.165, 1.54) is 31.1 Å². The summed E-state index contributed by atoms with van der Waals surface area (Å²) in [4.78, 5) is 16.1. The van der Waals surface area contributed by atoms with Crippen LogP contribution in [0, 0.1) is 0 Å². The Balaban J connectivity index is 1.76. The smallest absolute Gasteiger partial charge is 0.338 e. The molecule has 24 heavy (non-hydrogen) atoms. The van der Waals surface area contributed by atoms with Crippen LogP contribution < -0.4 is 4.74 Å². The lowest BCUT2D eigenvalue weighted by Gasteiger charge is -2.26. The minimum absolute atomic E-state index is 0.291. The van der Waals surface area contributed by atoms with Gasteiger partial charge in [-0.1, -0.05) is 6.07 Å². The minimum Gasteiger partial charge on any atom is -0.497 e. The highest BCUT2D eigenvalue weighted by Gasteiger charge is 2.21. The van der Waals surface area contributed by atoms with Gasteiger partial charge >= 0.3 is 5.97 Å². The third kappa shape index (κ3) is 3.42. The largest absolute Gasteiger partial charge is 0.497 e. The number of carbonyl (C=O) groups excluding carboxylic acids is 1. The van der Waals surface area contributed by atoms with Gasteiger partial charge < -0.3 is 9.47 Å². The van der Waals surface area contributed by atoms with Crippen LogP contribution in [0.4, 0.5) is 0 Å². The Hall–Kier alpha value is -2.36. The molecule has 4 heteroatoms. The maximum atomic E-state index is 11.9. The number of hydrogen-bond acceptors (Lipinski definition) is 4. The molecule has 0 N–H and O–H groups in total. The predicted octanol–water partition coefficient (Wildman–Crippen LogP) is 3.93. The number of benzene rings is 1. The van der Waals surface area contributed by atoms with E-state index < -0.39 is 0 Å². The summed E-state index contributed by atoms with van der Waals surface area (Å²) in [7, 11) is 3.12. The van der Waals surface area contributed by atoms with Gasteiger partial charge in [0.1, 0.15) is 5.75 Å². The van der Waals surface area contributed by atoms with Crippen molar-refractivity contribution in [1.29, 1.82) is 0 Å². The first-order valence-corrected chi connectivity index (χ1v) is 8.41. The number of ether oxygens (including phenoxy) is 2. The van der Waals surface area contributed by atoms with Crippen molar-refractivity contribution in [2.45, 2.75) is 38.0 Å². The zero-order valence-corrected chi connectivity index (χ0v) is 14.2. The van der Waals surface area contributed by atoms with Crippen LogP contribution in [-0.2, 0) is 17.6 Å². The first-order chi connectivity index (χ1) is 11.7. The van der Waals surface area contributed by atoms with Crippen LogP contribution in [0.2, 0.25) is 0 Å². The van der Waals surface area contributed by atoms with Crippen molar-refractivity contribution in [3.63, 3.8) is 0 Å². The van der Waals surface area contributed by atoms with E-state index >= 15 is 0 Å². The number of fused-ring (bicyclic) bond motifs is 1. The average Bonchev–Trinajstić information content (AvgIpc) is 2.65. The molecule has 4 nitrogen and oxygen atoms in total. The summed E-state index contributed by atoms with van der Waals surface area (Å²) in [6, 6.07) is 8.13. The van der Waals surface area contributed by atoms with E-state index in [1.807, 2.05) is 6.07 Å². The fourth-order valence-electron chi connectivity index (χ4n) is 3.58. The zero-order valence-electron chi connectivity index (χ0n) is 14.2. The normalized spacial score (nSPS) is 16.3. The summed E-state index contributed by atoms with van der Waals surface area (Å²) in [6.45, 7) is 0. The van der Waals surface area contributed by atoms with Crippen LogP contribution in [-0.4, -0.2) is 25.2 Å². The van der Waals surface area contributed by atoms with Gasteiger partial charge in [-0.2, -0.15) is 0 Å². The van der Waals surface area contributed by atoms with E-state index in [0.717, 1.165) is 30.6 Å². The average molecular weight is 325 g/mol. The van der Waals surface area contributed by atoms with Gasteiger partial charge in [0.15, 0.2) is 0 Å². The van der Waals surface area contributed by atoms with E-state index in [1.54, 1.807) is 25.6 Å². The molecule has 1 aromatic heterocycles. The Morgan fingerprint density at radius 1 is 1.29 bits per heavy atom. The monoisotopic (exact) mass is 325 g/mol. The molecule has 2 aromatic rings. The summed E-state index contributed by atoms with van der Waals surface area (Å²) in [5, 5.41) is 0. The molecule has 1 aliphatic carbocycles.